The zero-order chi connectivity index (χ0) is 15.0. The fourth-order valence-electron chi connectivity index (χ4n) is 3.12. The van der Waals surface area contributed by atoms with Crippen molar-refractivity contribution in [2.24, 2.45) is 0 Å². The Morgan fingerprint density at radius 2 is 2.00 bits per heavy atom. The van der Waals surface area contributed by atoms with Gasteiger partial charge < -0.3 is 20.1 Å². The first-order valence-corrected chi connectivity index (χ1v) is 8.26. The average molecular weight is 286 g/mol. The van der Waals surface area contributed by atoms with E-state index < -0.39 is 0 Å². The lowest BCUT2D eigenvalue weighted by Crippen LogP contribution is -2.52. The molecule has 0 aromatic rings. The minimum atomic E-state index is -0.161. The summed E-state index contributed by atoms with van der Waals surface area (Å²) in [5.41, 5.74) is -0.161. The van der Waals surface area contributed by atoms with Gasteiger partial charge in [0.1, 0.15) is 0 Å². The van der Waals surface area contributed by atoms with Crippen LogP contribution in [0.2, 0.25) is 0 Å². The summed E-state index contributed by atoms with van der Waals surface area (Å²) in [5.74, 6) is 0. The zero-order valence-corrected chi connectivity index (χ0v) is 13.8. The average Bonchev–Trinajstić information content (AvgIpc) is 2.46. The number of hydrogen-bond acceptors (Lipinski definition) is 4. The van der Waals surface area contributed by atoms with Gasteiger partial charge in [0.2, 0.25) is 0 Å². The fraction of sp³-hybridized carbons (Fsp3) is 1.00. The van der Waals surface area contributed by atoms with E-state index in [4.69, 9.17) is 4.74 Å². The predicted octanol–water partition coefficient (Wildman–Crippen LogP) is 2.02. The largest absolute Gasteiger partial charge is 0.394 e. The molecule has 0 amide bonds. The van der Waals surface area contributed by atoms with Crippen molar-refractivity contribution in [3.8, 4) is 0 Å². The van der Waals surface area contributed by atoms with Crippen LogP contribution < -0.4 is 5.32 Å². The van der Waals surface area contributed by atoms with Crippen LogP contribution in [0, 0.1) is 0 Å². The molecule has 1 aliphatic rings. The number of nitrogens with zero attached hydrogens (tertiary/aromatic N) is 1. The summed E-state index contributed by atoms with van der Waals surface area (Å²) < 4.78 is 5.71. The van der Waals surface area contributed by atoms with Crippen LogP contribution in [0.25, 0.3) is 0 Å². The maximum atomic E-state index is 9.67. The molecule has 1 fully saturated rings. The highest BCUT2D eigenvalue weighted by atomic mass is 16.5. The molecule has 0 aromatic carbocycles. The summed E-state index contributed by atoms with van der Waals surface area (Å²) in [6.45, 7) is 12.9. The lowest BCUT2D eigenvalue weighted by Gasteiger charge is -2.40. The van der Waals surface area contributed by atoms with Crippen molar-refractivity contribution in [1.82, 2.24) is 10.2 Å². The minimum absolute atomic E-state index is 0.161. The Labute approximate surface area is 124 Å². The molecule has 0 aromatic heterocycles. The number of aliphatic hydroxyl groups is 1. The summed E-state index contributed by atoms with van der Waals surface area (Å²) in [7, 11) is 0. The molecule has 0 spiro atoms. The van der Waals surface area contributed by atoms with Crippen LogP contribution in [0.1, 0.15) is 53.4 Å². The van der Waals surface area contributed by atoms with Gasteiger partial charge in [-0.15, -0.1) is 0 Å². The van der Waals surface area contributed by atoms with Crippen LogP contribution in [-0.4, -0.2) is 60.5 Å². The predicted molar refractivity (Wildman–Crippen MR) is 84.1 cm³/mol. The number of ether oxygens (including phenoxy) is 1. The van der Waals surface area contributed by atoms with Crippen LogP contribution in [0.15, 0.2) is 0 Å². The highest BCUT2D eigenvalue weighted by Crippen LogP contribution is 2.21. The number of nitrogens with one attached hydrogen (secondary N) is 1. The Balaban J connectivity index is 2.40. The molecule has 1 saturated heterocycles. The normalized spacial score (nSPS) is 22.6. The quantitative estimate of drug-likeness (QED) is 0.681. The summed E-state index contributed by atoms with van der Waals surface area (Å²) in [6.07, 6.45) is 4.81. The zero-order valence-electron chi connectivity index (χ0n) is 13.8. The summed E-state index contributed by atoms with van der Waals surface area (Å²) >= 11 is 0. The number of piperidine rings is 1. The number of hydrogen-bond donors (Lipinski definition) is 2. The topological polar surface area (TPSA) is 44.7 Å². The molecule has 20 heavy (non-hydrogen) atoms. The van der Waals surface area contributed by atoms with Gasteiger partial charge >= 0.3 is 0 Å². The molecular formula is C16H34N2O2. The summed E-state index contributed by atoms with van der Waals surface area (Å²) in [6, 6.07) is 0.499. The van der Waals surface area contributed by atoms with Gasteiger partial charge in [-0.2, -0.15) is 0 Å². The molecule has 4 nitrogen and oxygen atoms in total. The van der Waals surface area contributed by atoms with Crippen molar-refractivity contribution in [2.75, 3.05) is 32.8 Å². The third kappa shape index (κ3) is 5.68. The van der Waals surface area contributed by atoms with E-state index in [1.807, 2.05) is 0 Å². The first-order chi connectivity index (χ1) is 9.54. The van der Waals surface area contributed by atoms with E-state index in [0.717, 1.165) is 51.9 Å². The smallest absolute Gasteiger partial charge is 0.0611 e. The molecule has 2 N–H and O–H groups in total. The van der Waals surface area contributed by atoms with Gasteiger partial charge in [-0.05, 0) is 53.0 Å². The molecule has 120 valence electrons. The lowest BCUT2D eigenvalue weighted by atomic mass is 9.92. The molecule has 1 rings (SSSR count). The standard InChI is InChI=1S/C16H34N2O2/c1-5-9-17-16(4,13-19)12-14(3)18-10-7-15(8-11-18)20-6-2/h14-15,17,19H,5-13H2,1-4H3. The van der Waals surface area contributed by atoms with E-state index in [1.54, 1.807) is 0 Å². The number of likely N-dealkylation sites (tertiary alicyclic amines) is 1. The summed E-state index contributed by atoms with van der Waals surface area (Å²) in [4.78, 5) is 2.54. The van der Waals surface area contributed by atoms with Crippen molar-refractivity contribution < 1.29 is 9.84 Å². The Morgan fingerprint density at radius 1 is 1.35 bits per heavy atom. The Kier molecular flexibility index (Phi) is 8.03. The van der Waals surface area contributed by atoms with Gasteiger partial charge in [-0.1, -0.05) is 6.92 Å². The van der Waals surface area contributed by atoms with Gasteiger partial charge in [0.25, 0.3) is 0 Å². The molecule has 0 saturated carbocycles. The molecule has 4 heteroatoms. The Morgan fingerprint density at radius 3 is 2.50 bits per heavy atom. The second-order valence-electron chi connectivity index (χ2n) is 6.39. The SMILES string of the molecule is CCCNC(C)(CO)CC(C)N1CCC(OCC)CC1. The van der Waals surface area contributed by atoms with Crippen molar-refractivity contribution in [2.45, 2.75) is 71.1 Å². The van der Waals surface area contributed by atoms with E-state index in [1.165, 1.54) is 0 Å². The van der Waals surface area contributed by atoms with Gasteiger partial charge in [-0.3, -0.25) is 0 Å². The van der Waals surface area contributed by atoms with Crippen molar-refractivity contribution in [3.05, 3.63) is 0 Å². The van der Waals surface area contributed by atoms with Gasteiger partial charge in [0.05, 0.1) is 12.7 Å². The number of aliphatic hydroxyl groups excluding tert-OH is 1. The maximum absolute atomic E-state index is 9.67. The van der Waals surface area contributed by atoms with E-state index in [2.05, 4.69) is 37.9 Å². The first kappa shape index (κ1) is 17.9. The van der Waals surface area contributed by atoms with Crippen molar-refractivity contribution in [1.29, 1.82) is 0 Å². The van der Waals surface area contributed by atoms with Crippen LogP contribution in [0.5, 0.6) is 0 Å². The lowest BCUT2D eigenvalue weighted by molar-refractivity contribution is 0.000425. The second-order valence-corrected chi connectivity index (χ2v) is 6.39. The van der Waals surface area contributed by atoms with Gasteiger partial charge in [0.15, 0.2) is 0 Å². The fourth-order valence-corrected chi connectivity index (χ4v) is 3.12. The molecule has 0 aliphatic carbocycles. The molecule has 1 aliphatic heterocycles. The van der Waals surface area contributed by atoms with Crippen LogP contribution in [-0.2, 0) is 4.74 Å². The van der Waals surface area contributed by atoms with Gasteiger partial charge in [0, 0.05) is 31.3 Å². The number of rotatable bonds is 9. The summed E-state index contributed by atoms with van der Waals surface area (Å²) in [5, 5.41) is 13.2. The molecule has 1 heterocycles. The van der Waals surface area contributed by atoms with Crippen LogP contribution in [0.4, 0.5) is 0 Å². The van der Waals surface area contributed by atoms with E-state index in [9.17, 15) is 5.11 Å². The molecule has 2 atom stereocenters. The van der Waals surface area contributed by atoms with Crippen LogP contribution in [0.3, 0.4) is 0 Å². The van der Waals surface area contributed by atoms with Crippen molar-refractivity contribution in [3.63, 3.8) is 0 Å². The van der Waals surface area contributed by atoms with Crippen LogP contribution >= 0.6 is 0 Å². The second kappa shape index (κ2) is 8.98. The third-order valence-electron chi connectivity index (χ3n) is 4.40. The third-order valence-corrected chi connectivity index (χ3v) is 4.40. The van der Waals surface area contributed by atoms with Gasteiger partial charge in [-0.25, -0.2) is 0 Å². The highest BCUT2D eigenvalue weighted by molar-refractivity contribution is 4.88. The minimum Gasteiger partial charge on any atom is -0.394 e. The first-order valence-electron chi connectivity index (χ1n) is 8.26. The van der Waals surface area contributed by atoms with E-state index in [0.29, 0.717) is 12.1 Å². The van der Waals surface area contributed by atoms with E-state index in [-0.39, 0.29) is 12.1 Å². The maximum Gasteiger partial charge on any atom is 0.0611 e. The molecular weight excluding hydrogens is 252 g/mol. The Hall–Kier alpha value is -0.160. The Bertz CT molecular complexity index is 255. The van der Waals surface area contributed by atoms with Crippen molar-refractivity contribution >= 4 is 0 Å². The highest BCUT2D eigenvalue weighted by Gasteiger charge is 2.29. The molecule has 0 bridgehead atoms. The van der Waals surface area contributed by atoms with E-state index >= 15 is 0 Å². The molecule has 2 unspecified atom stereocenters. The monoisotopic (exact) mass is 286 g/mol. The molecule has 0 radical (unpaired) electrons.